The van der Waals surface area contributed by atoms with Gasteiger partial charge in [-0.25, -0.2) is 17.7 Å². The first-order valence-electron chi connectivity index (χ1n) is 7.32. The molecule has 0 spiro atoms. The van der Waals surface area contributed by atoms with Crippen molar-refractivity contribution >= 4 is 39.3 Å². The Morgan fingerprint density at radius 1 is 1.24 bits per heavy atom. The number of carbonyl (C=O) groups is 1. The van der Waals surface area contributed by atoms with Crippen molar-refractivity contribution in [3.8, 4) is 0 Å². The van der Waals surface area contributed by atoms with Crippen LogP contribution in [0.3, 0.4) is 0 Å². The maximum Gasteiger partial charge on any atom is 0.244 e. The topological polar surface area (TPSA) is 79.4 Å². The summed E-state index contributed by atoms with van der Waals surface area (Å²) >= 11 is 7.27. The maximum atomic E-state index is 12.0. The van der Waals surface area contributed by atoms with Gasteiger partial charge >= 0.3 is 0 Å². The van der Waals surface area contributed by atoms with Gasteiger partial charge in [0, 0.05) is 31.9 Å². The van der Waals surface area contributed by atoms with Gasteiger partial charge in [-0.15, -0.1) is 0 Å². The molecule has 0 atom stereocenters. The van der Waals surface area contributed by atoms with Crippen molar-refractivity contribution in [2.24, 2.45) is 0 Å². The highest BCUT2D eigenvalue weighted by molar-refractivity contribution is 7.99. The number of nitrogens with zero attached hydrogens (tertiary/aromatic N) is 2. The molecule has 0 bridgehead atoms. The fraction of sp³-hybridized carbons (Fsp3) is 0.250. The minimum absolute atomic E-state index is 0.116. The number of halogens is 1. The number of amides is 1. The Kier molecular flexibility index (Phi) is 6.83. The summed E-state index contributed by atoms with van der Waals surface area (Å²) < 4.78 is 25.0. The molecule has 1 N–H and O–H groups in total. The number of rotatable bonds is 7. The number of benzene rings is 1. The smallest absolute Gasteiger partial charge is 0.244 e. The van der Waals surface area contributed by atoms with Crippen LogP contribution in [0, 0.1) is 0 Å². The Bertz CT molecular complexity index is 840. The van der Waals surface area contributed by atoms with Gasteiger partial charge in [0.05, 0.1) is 10.8 Å². The van der Waals surface area contributed by atoms with Crippen LogP contribution in [-0.2, 0) is 21.4 Å². The SMILES string of the molecule is CN(C)S(=O)(=O)c1ccc(SCC(=O)NCc2ccccc2Cl)nc1. The van der Waals surface area contributed by atoms with E-state index in [2.05, 4.69) is 10.3 Å². The van der Waals surface area contributed by atoms with Crippen molar-refractivity contribution in [1.82, 2.24) is 14.6 Å². The zero-order chi connectivity index (χ0) is 18.4. The molecule has 2 aromatic rings. The van der Waals surface area contributed by atoms with E-state index < -0.39 is 10.0 Å². The third-order valence-electron chi connectivity index (χ3n) is 3.27. The number of aromatic nitrogens is 1. The molecule has 1 amide bonds. The van der Waals surface area contributed by atoms with Gasteiger partial charge in [0.1, 0.15) is 4.90 Å². The summed E-state index contributed by atoms with van der Waals surface area (Å²) in [6.45, 7) is 0.354. The highest BCUT2D eigenvalue weighted by Crippen LogP contribution is 2.19. The van der Waals surface area contributed by atoms with E-state index >= 15 is 0 Å². The monoisotopic (exact) mass is 399 g/mol. The first kappa shape index (κ1) is 19.7. The Morgan fingerprint density at radius 3 is 2.56 bits per heavy atom. The van der Waals surface area contributed by atoms with Gasteiger partial charge in [-0.3, -0.25) is 4.79 Å². The van der Waals surface area contributed by atoms with Gasteiger partial charge in [-0.2, -0.15) is 0 Å². The molecule has 1 heterocycles. The van der Waals surface area contributed by atoms with E-state index in [0.29, 0.717) is 16.6 Å². The second-order valence-electron chi connectivity index (χ2n) is 5.28. The molecule has 0 aliphatic carbocycles. The third kappa shape index (κ3) is 5.43. The van der Waals surface area contributed by atoms with Crippen LogP contribution in [0.4, 0.5) is 0 Å². The third-order valence-corrected chi connectivity index (χ3v) is 6.38. The zero-order valence-electron chi connectivity index (χ0n) is 13.8. The lowest BCUT2D eigenvalue weighted by Gasteiger charge is -2.11. The summed E-state index contributed by atoms with van der Waals surface area (Å²) in [5.41, 5.74) is 0.846. The fourth-order valence-electron chi connectivity index (χ4n) is 1.84. The van der Waals surface area contributed by atoms with E-state index in [1.54, 1.807) is 12.1 Å². The average molecular weight is 400 g/mol. The maximum absolute atomic E-state index is 12.0. The number of hydrogen-bond acceptors (Lipinski definition) is 5. The van der Waals surface area contributed by atoms with Gasteiger partial charge in [0.25, 0.3) is 0 Å². The lowest BCUT2D eigenvalue weighted by Crippen LogP contribution is -2.24. The van der Waals surface area contributed by atoms with Gasteiger partial charge in [0.15, 0.2) is 0 Å². The molecule has 0 saturated carbocycles. The van der Waals surface area contributed by atoms with E-state index in [1.807, 2.05) is 18.2 Å². The van der Waals surface area contributed by atoms with Gasteiger partial charge in [-0.1, -0.05) is 41.6 Å². The molecule has 0 unspecified atom stereocenters. The van der Waals surface area contributed by atoms with Crippen LogP contribution >= 0.6 is 23.4 Å². The number of sulfonamides is 1. The lowest BCUT2D eigenvalue weighted by molar-refractivity contribution is -0.118. The fourth-order valence-corrected chi connectivity index (χ4v) is 3.56. The zero-order valence-corrected chi connectivity index (χ0v) is 16.2. The minimum atomic E-state index is -3.50. The molecule has 0 radical (unpaired) electrons. The van der Waals surface area contributed by atoms with Crippen molar-refractivity contribution in [3.05, 3.63) is 53.2 Å². The number of thioether (sulfide) groups is 1. The molecule has 0 aliphatic rings. The van der Waals surface area contributed by atoms with E-state index in [1.165, 1.54) is 38.1 Å². The molecule has 1 aromatic heterocycles. The van der Waals surface area contributed by atoms with E-state index in [-0.39, 0.29) is 16.6 Å². The highest BCUT2D eigenvalue weighted by Gasteiger charge is 2.17. The highest BCUT2D eigenvalue weighted by atomic mass is 35.5. The van der Waals surface area contributed by atoms with Gasteiger partial charge in [0.2, 0.25) is 15.9 Å². The summed E-state index contributed by atoms with van der Waals surface area (Å²) in [4.78, 5) is 16.1. The molecule has 25 heavy (non-hydrogen) atoms. The molecule has 0 aliphatic heterocycles. The van der Waals surface area contributed by atoms with Crippen LogP contribution in [0.25, 0.3) is 0 Å². The molecule has 134 valence electrons. The lowest BCUT2D eigenvalue weighted by atomic mass is 10.2. The predicted octanol–water partition coefficient (Wildman–Crippen LogP) is 2.39. The summed E-state index contributed by atoms with van der Waals surface area (Å²) in [5.74, 6) is 0.0220. The largest absolute Gasteiger partial charge is 0.351 e. The van der Waals surface area contributed by atoms with Crippen LogP contribution in [0.15, 0.2) is 52.5 Å². The summed E-state index contributed by atoms with van der Waals surface area (Å²) in [5, 5.41) is 3.97. The number of hydrogen-bond donors (Lipinski definition) is 1. The quantitative estimate of drug-likeness (QED) is 0.723. The second-order valence-corrected chi connectivity index (χ2v) is 8.83. The minimum Gasteiger partial charge on any atom is -0.351 e. The summed E-state index contributed by atoms with van der Waals surface area (Å²) in [6, 6.07) is 10.4. The predicted molar refractivity (Wildman–Crippen MR) is 99.1 cm³/mol. The number of pyridine rings is 1. The van der Waals surface area contributed by atoms with Crippen molar-refractivity contribution in [2.75, 3.05) is 19.8 Å². The van der Waals surface area contributed by atoms with E-state index in [0.717, 1.165) is 9.87 Å². The van der Waals surface area contributed by atoms with Crippen molar-refractivity contribution < 1.29 is 13.2 Å². The standard InChI is InChI=1S/C16H18ClN3O3S2/c1-20(2)25(22,23)13-7-8-16(19-10-13)24-11-15(21)18-9-12-5-3-4-6-14(12)17/h3-8,10H,9,11H2,1-2H3,(H,18,21). The number of carbonyl (C=O) groups excluding carboxylic acids is 1. The van der Waals surface area contributed by atoms with Crippen molar-refractivity contribution in [3.63, 3.8) is 0 Å². The molecular formula is C16H18ClN3O3S2. The molecule has 6 nitrogen and oxygen atoms in total. The molecule has 0 saturated heterocycles. The summed E-state index contributed by atoms with van der Waals surface area (Å²) in [7, 11) is -0.579. The Labute approximate surface area is 156 Å². The first-order valence-corrected chi connectivity index (χ1v) is 10.1. The Balaban J connectivity index is 1.87. The normalized spacial score (nSPS) is 11.5. The van der Waals surface area contributed by atoms with E-state index in [9.17, 15) is 13.2 Å². The van der Waals surface area contributed by atoms with Crippen LogP contribution in [-0.4, -0.2) is 43.5 Å². The molecular weight excluding hydrogens is 382 g/mol. The Hall–Kier alpha value is -1.61. The van der Waals surface area contributed by atoms with Crippen LogP contribution < -0.4 is 5.32 Å². The van der Waals surface area contributed by atoms with Crippen LogP contribution in [0.5, 0.6) is 0 Å². The average Bonchev–Trinajstić information content (AvgIpc) is 2.59. The van der Waals surface area contributed by atoms with E-state index in [4.69, 9.17) is 11.6 Å². The molecule has 2 rings (SSSR count). The van der Waals surface area contributed by atoms with Crippen LogP contribution in [0.1, 0.15) is 5.56 Å². The Morgan fingerprint density at radius 2 is 1.96 bits per heavy atom. The first-order chi connectivity index (χ1) is 11.8. The van der Waals surface area contributed by atoms with Crippen molar-refractivity contribution in [2.45, 2.75) is 16.5 Å². The van der Waals surface area contributed by atoms with Gasteiger partial charge in [-0.05, 0) is 23.8 Å². The summed E-state index contributed by atoms with van der Waals surface area (Å²) in [6.07, 6.45) is 1.29. The molecule has 9 heteroatoms. The molecule has 1 aromatic carbocycles. The van der Waals surface area contributed by atoms with Crippen molar-refractivity contribution in [1.29, 1.82) is 0 Å². The second kappa shape index (κ2) is 8.66. The number of nitrogens with one attached hydrogen (secondary N) is 1. The molecule has 0 fully saturated rings. The van der Waals surface area contributed by atoms with Gasteiger partial charge < -0.3 is 5.32 Å². The van der Waals surface area contributed by atoms with Crippen LogP contribution in [0.2, 0.25) is 5.02 Å².